The van der Waals surface area contributed by atoms with Gasteiger partial charge in [-0.05, 0) is 23.6 Å². The van der Waals surface area contributed by atoms with Crippen LogP contribution in [0.3, 0.4) is 0 Å². The molecule has 0 aliphatic carbocycles. The Morgan fingerprint density at radius 3 is 2.29 bits per heavy atom. The lowest BCUT2D eigenvalue weighted by Gasteiger charge is -2.35. The number of nitrogens with one attached hydrogen (secondary N) is 1. The third kappa shape index (κ3) is 4.52. The average Bonchev–Trinajstić information content (AvgIpc) is 2.93. The Balaban J connectivity index is 1.39. The smallest absolute Gasteiger partial charge is 0.257 e. The molecule has 2 aromatic heterocycles. The fourth-order valence-electron chi connectivity index (χ4n) is 4.27. The molecule has 178 valence electrons. The quantitative estimate of drug-likeness (QED) is 0.457. The van der Waals surface area contributed by atoms with E-state index in [4.69, 9.17) is 14.5 Å². The second kappa shape index (κ2) is 9.84. The van der Waals surface area contributed by atoms with Crippen LogP contribution < -0.4 is 24.6 Å². The highest BCUT2D eigenvalue weighted by Crippen LogP contribution is 2.32. The van der Waals surface area contributed by atoms with Gasteiger partial charge in [-0.2, -0.15) is 0 Å². The van der Waals surface area contributed by atoms with E-state index >= 15 is 0 Å². The monoisotopic (exact) mass is 470 g/mol. The number of benzene rings is 2. The van der Waals surface area contributed by atoms with E-state index in [-0.39, 0.29) is 5.91 Å². The van der Waals surface area contributed by atoms with Crippen LogP contribution in [0.4, 0.5) is 17.5 Å². The first-order valence-corrected chi connectivity index (χ1v) is 11.4. The van der Waals surface area contributed by atoms with Crippen LogP contribution in [0.15, 0.2) is 67.1 Å². The van der Waals surface area contributed by atoms with Crippen molar-refractivity contribution in [2.45, 2.75) is 0 Å². The Labute approximate surface area is 203 Å². The number of fused-ring (bicyclic) bond motifs is 1. The lowest BCUT2D eigenvalue weighted by atomic mass is 10.1. The van der Waals surface area contributed by atoms with E-state index in [2.05, 4.69) is 25.1 Å². The summed E-state index contributed by atoms with van der Waals surface area (Å²) in [5, 5.41) is 4.73. The van der Waals surface area contributed by atoms with Crippen molar-refractivity contribution in [3.63, 3.8) is 0 Å². The number of amides is 1. The number of carbonyl (C=O) groups is 1. The number of carbonyl (C=O) groups excluding carboxylic acids is 1. The minimum atomic E-state index is -0.255. The van der Waals surface area contributed by atoms with Gasteiger partial charge in [-0.3, -0.25) is 4.79 Å². The average molecular weight is 471 g/mol. The second-order valence-electron chi connectivity index (χ2n) is 8.08. The molecule has 0 spiro atoms. The topological polar surface area (TPSA) is 92.7 Å². The number of anilines is 3. The molecule has 1 saturated heterocycles. The zero-order valence-corrected chi connectivity index (χ0v) is 19.6. The first-order chi connectivity index (χ1) is 17.2. The molecule has 0 bridgehead atoms. The van der Waals surface area contributed by atoms with Crippen molar-refractivity contribution in [1.82, 2.24) is 15.0 Å². The number of piperazine rings is 1. The largest absolute Gasteiger partial charge is 0.497 e. The number of aromatic nitrogens is 3. The summed E-state index contributed by atoms with van der Waals surface area (Å²) in [4.78, 5) is 31.1. The molecule has 1 N–H and O–H groups in total. The summed E-state index contributed by atoms with van der Waals surface area (Å²) in [7, 11) is 3.14. The SMILES string of the molecule is COc1ccc(NC(=O)c2cnc(N3CCN(c4ncccn4)CC3)c3ccccc23)c(OC)c1. The maximum absolute atomic E-state index is 13.3. The molecule has 5 rings (SSSR count). The van der Waals surface area contributed by atoms with Crippen LogP contribution in [0.5, 0.6) is 11.5 Å². The van der Waals surface area contributed by atoms with Crippen LogP contribution in [-0.2, 0) is 0 Å². The Hall–Kier alpha value is -4.40. The maximum Gasteiger partial charge on any atom is 0.257 e. The Bertz CT molecular complexity index is 1340. The third-order valence-electron chi connectivity index (χ3n) is 6.09. The van der Waals surface area contributed by atoms with Crippen LogP contribution in [0.1, 0.15) is 10.4 Å². The van der Waals surface area contributed by atoms with Crippen LogP contribution in [0.25, 0.3) is 10.8 Å². The summed E-state index contributed by atoms with van der Waals surface area (Å²) in [5.74, 6) is 2.52. The van der Waals surface area contributed by atoms with Crippen LogP contribution in [0, 0.1) is 0 Å². The van der Waals surface area contributed by atoms with Crippen molar-refractivity contribution in [3.8, 4) is 11.5 Å². The predicted molar refractivity (Wildman–Crippen MR) is 136 cm³/mol. The zero-order chi connectivity index (χ0) is 24.2. The van der Waals surface area contributed by atoms with Crippen molar-refractivity contribution in [3.05, 3.63) is 72.7 Å². The summed E-state index contributed by atoms with van der Waals surface area (Å²) in [6.45, 7) is 3.15. The number of methoxy groups -OCH3 is 2. The maximum atomic E-state index is 13.3. The van der Waals surface area contributed by atoms with E-state index in [0.29, 0.717) is 22.7 Å². The van der Waals surface area contributed by atoms with Crippen LogP contribution >= 0.6 is 0 Å². The standard InChI is InChI=1S/C26H26N6O3/c1-34-18-8-9-22(23(16-18)35-2)30-25(33)21-17-29-24(20-7-4-3-6-19(20)21)31-12-14-32(15-13-31)26-27-10-5-11-28-26/h3-11,16-17H,12-15H2,1-2H3,(H,30,33). The molecule has 2 aromatic carbocycles. The fourth-order valence-corrected chi connectivity index (χ4v) is 4.27. The predicted octanol–water partition coefficient (Wildman–Crippen LogP) is 3.62. The third-order valence-corrected chi connectivity index (χ3v) is 6.09. The highest BCUT2D eigenvalue weighted by Gasteiger charge is 2.23. The molecule has 0 saturated carbocycles. The van der Waals surface area contributed by atoms with Crippen molar-refractivity contribution >= 4 is 34.1 Å². The van der Waals surface area contributed by atoms with Gasteiger partial charge in [0.05, 0.1) is 25.5 Å². The van der Waals surface area contributed by atoms with Crippen LogP contribution in [0.2, 0.25) is 0 Å². The Morgan fingerprint density at radius 2 is 1.57 bits per heavy atom. The number of ether oxygens (including phenoxy) is 2. The van der Waals surface area contributed by atoms with Gasteiger partial charge in [0.2, 0.25) is 5.95 Å². The van der Waals surface area contributed by atoms with Gasteiger partial charge in [-0.15, -0.1) is 0 Å². The van der Waals surface area contributed by atoms with Gasteiger partial charge in [0.1, 0.15) is 17.3 Å². The number of hydrogen-bond acceptors (Lipinski definition) is 8. The fraction of sp³-hybridized carbons (Fsp3) is 0.231. The van der Waals surface area contributed by atoms with Crippen LogP contribution in [-0.4, -0.2) is 61.3 Å². The lowest BCUT2D eigenvalue weighted by molar-refractivity contribution is 0.102. The molecule has 9 heteroatoms. The van der Waals surface area contributed by atoms with Gasteiger partial charge in [0.25, 0.3) is 5.91 Å². The molecular formula is C26H26N6O3. The summed E-state index contributed by atoms with van der Waals surface area (Å²) < 4.78 is 10.7. The summed E-state index contributed by atoms with van der Waals surface area (Å²) in [6, 6.07) is 14.9. The van der Waals surface area contributed by atoms with E-state index in [9.17, 15) is 4.79 Å². The highest BCUT2D eigenvalue weighted by molar-refractivity contribution is 6.14. The number of pyridine rings is 1. The number of hydrogen-bond donors (Lipinski definition) is 1. The van der Waals surface area contributed by atoms with Crippen molar-refractivity contribution in [2.24, 2.45) is 0 Å². The Morgan fingerprint density at radius 1 is 0.857 bits per heavy atom. The van der Waals surface area contributed by atoms with Gasteiger partial charge >= 0.3 is 0 Å². The van der Waals surface area contributed by atoms with E-state index in [1.807, 2.05) is 30.3 Å². The van der Waals surface area contributed by atoms with Gasteiger partial charge in [0, 0.05) is 56.2 Å². The molecule has 3 heterocycles. The highest BCUT2D eigenvalue weighted by atomic mass is 16.5. The van der Waals surface area contributed by atoms with Gasteiger partial charge in [0.15, 0.2) is 0 Å². The van der Waals surface area contributed by atoms with Gasteiger partial charge in [-0.1, -0.05) is 24.3 Å². The zero-order valence-electron chi connectivity index (χ0n) is 19.6. The molecular weight excluding hydrogens is 444 g/mol. The summed E-state index contributed by atoms with van der Waals surface area (Å²) in [6.07, 6.45) is 5.17. The summed E-state index contributed by atoms with van der Waals surface area (Å²) in [5.41, 5.74) is 1.06. The van der Waals surface area contributed by atoms with E-state index in [1.54, 1.807) is 51.0 Å². The first kappa shape index (κ1) is 22.4. The molecule has 0 radical (unpaired) electrons. The lowest BCUT2D eigenvalue weighted by Crippen LogP contribution is -2.47. The van der Waals surface area contributed by atoms with E-state index in [0.717, 1.165) is 48.7 Å². The van der Waals surface area contributed by atoms with Crippen molar-refractivity contribution in [1.29, 1.82) is 0 Å². The molecule has 1 aliphatic heterocycles. The molecule has 0 unspecified atom stereocenters. The number of rotatable bonds is 6. The molecule has 1 fully saturated rings. The summed E-state index contributed by atoms with van der Waals surface area (Å²) >= 11 is 0. The minimum absolute atomic E-state index is 0.255. The first-order valence-electron chi connectivity index (χ1n) is 11.4. The van der Waals surface area contributed by atoms with E-state index < -0.39 is 0 Å². The Kier molecular flexibility index (Phi) is 6.30. The van der Waals surface area contributed by atoms with Crippen molar-refractivity contribution < 1.29 is 14.3 Å². The van der Waals surface area contributed by atoms with E-state index in [1.165, 1.54) is 0 Å². The molecule has 1 amide bonds. The van der Waals surface area contributed by atoms with Gasteiger partial charge < -0.3 is 24.6 Å². The molecule has 4 aromatic rings. The number of nitrogens with zero attached hydrogens (tertiary/aromatic N) is 5. The molecule has 0 atom stereocenters. The molecule has 1 aliphatic rings. The van der Waals surface area contributed by atoms with Crippen molar-refractivity contribution in [2.75, 3.05) is 55.5 Å². The second-order valence-corrected chi connectivity index (χ2v) is 8.08. The molecule has 35 heavy (non-hydrogen) atoms. The normalized spacial score (nSPS) is 13.5. The minimum Gasteiger partial charge on any atom is -0.497 e. The van der Waals surface area contributed by atoms with Gasteiger partial charge in [-0.25, -0.2) is 15.0 Å². The molecule has 9 nitrogen and oxygen atoms in total.